The summed E-state index contributed by atoms with van der Waals surface area (Å²) >= 11 is 0. The van der Waals surface area contributed by atoms with Crippen LogP contribution in [0, 0.1) is 11.3 Å². The molecule has 4 heteroatoms. The molecule has 0 fully saturated rings. The van der Waals surface area contributed by atoms with E-state index in [1.807, 2.05) is 37.3 Å². The summed E-state index contributed by atoms with van der Waals surface area (Å²) in [5.74, 6) is 0.458. The first kappa shape index (κ1) is 16.8. The first-order valence-electron chi connectivity index (χ1n) is 7.34. The highest BCUT2D eigenvalue weighted by Crippen LogP contribution is 2.14. The van der Waals surface area contributed by atoms with Crippen LogP contribution in [0.25, 0.3) is 6.08 Å². The molecule has 0 aliphatic carbocycles. The average Bonchev–Trinajstić information content (AvgIpc) is 2.51. The quantitative estimate of drug-likeness (QED) is 0.453. The second-order valence-corrected chi connectivity index (χ2v) is 4.63. The molecule has 0 saturated heterocycles. The van der Waals surface area contributed by atoms with Crippen LogP contribution in [0.2, 0.25) is 0 Å². The molecule has 0 aliphatic heterocycles. The zero-order valence-corrected chi connectivity index (χ0v) is 12.7. The lowest BCUT2D eigenvalue weighted by Gasteiger charge is -2.04. The highest BCUT2D eigenvalue weighted by molar-refractivity contribution is 6.01. The predicted molar refractivity (Wildman–Crippen MR) is 83.7 cm³/mol. The maximum Gasteiger partial charge on any atom is 0.261 e. The average molecular weight is 286 g/mol. The Labute approximate surface area is 126 Å². The third-order valence-electron chi connectivity index (χ3n) is 2.93. The lowest BCUT2D eigenvalue weighted by molar-refractivity contribution is -0.117. The SMILES string of the molecule is CCCCCNC(=O)/C(C#N)=C/c1ccc(OCC)cc1. The van der Waals surface area contributed by atoms with Crippen molar-refractivity contribution >= 4 is 12.0 Å². The molecule has 1 N–H and O–H groups in total. The van der Waals surface area contributed by atoms with Gasteiger partial charge in [0.2, 0.25) is 0 Å². The number of carbonyl (C=O) groups excluding carboxylic acids is 1. The summed E-state index contributed by atoms with van der Waals surface area (Å²) in [6, 6.07) is 9.25. The van der Waals surface area contributed by atoms with Crippen LogP contribution in [0.3, 0.4) is 0 Å². The van der Waals surface area contributed by atoms with Crippen molar-refractivity contribution in [2.75, 3.05) is 13.2 Å². The van der Waals surface area contributed by atoms with Gasteiger partial charge >= 0.3 is 0 Å². The number of amides is 1. The minimum Gasteiger partial charge on any atom is -0.494 e. The Balaban J connectivity index is 2.65. The Hall–Kier alpha value is -2.28. The van der Waals surface area contributed by atoms with Crippen molar-refractivity contribution in [1.82, 2.24) is 5.32 Å². The Kier molecular flexibility index (Phi) is 7.67. The molecule has 1 rings (SSSR count). The smallest absolute Gasteiger partial charge is 0.261 e. The largest absolute Gasteiger partial charge is 0.494 e. The number of nitrogens with zero attached hydrogens (tertiary/aromatic N) is 1. The van der Waals surface area contributed by atoms with Crippen LogP contribution in [0.5, 0.6) is 5.75 Å². The van der Waals surface area contributed by atoms with Gasteiger partial charge in [0.1, 0.15) is 17.4 Å². The van der Waals surface area contributed by atoms with Gasteiger partial charge in [0.25, 0.3) is 5.91 Å². The van der Waals surface area contributed by atoms with Crippen LogP contribution in [0.1, 0.15) is 38.7 Å². The van der Waals surface area contributed by atoms with Crippen molar-refractivity contribution in [1.29, 1.82) is 5.26 Å². The van der Waals surface area contributed by atoms with E-state index in [-0.39, 0.29) is 11.5 Å². The number of nitriles is 1. The predicted octanol–water partition coefficient (Wildman–Crippen LogP) is 3.30. The summed E-state index contributed by atoms with van der Waals surface area (Å²) in [7, 11) is 0. The summed E-state index contributed by atoms with van der Waals surface area (Å²) in [5, 5.41) is 11.9. The van der Waals surface area contributed by atoms with Crippen molar-refractivity contribution in [3.05, 3.63) is 35.4 Å². The number of hydrogen-bond donors (Lipinski definition) is 1. The lowest BCUT2D eigenvalue weighted by Crippen LogP contribution is -2.25. The third kappa shape index (κ3) is 6.13. The second-order valence-electron chi connectivity index (χ2n) is 4.63. The summed E-state index contributed by atoms with van der Waals surface area (Å²) < 4.78 is 5.35. The molecule has 0 aromatic heterocycles. The second kappa shape index (κ2) is 9.60. The zero-order chi connectivity index (χ0) is 15.5. The molecule has 0 atom stereocenters. The molecule has 0 bridgehead atoms. The summed E-state index contributed by atoms with van der Waals surface area (Å²) in [6.45, 7) is 5.24. The zero-order valence-electron chi connectivity index (χ0n) is 12.7. The van der Waals surface area contributed by atoms with Gasteiger partial charge in [-0.05, 0) is 37.1 Å². The van der Waals surface area contributed by atoms with E-state index in [4.69, 9.17) is 10.00 Å². The van der Waals surface area contributed by atoms with E-state index in [1.165, 1.54) is 0 Å². The molecule has 0 heterocycles. The Bertz CT molecular complexity index is 513. The fraction of sp³-hybridized carbons (Fsp3) is 0.412. The monoisotopic (exact) mass is 286 g/mol. The first-order chi connectivity index (χ1) is 10.2. The first-order valence-corrected chi connectivity index (χ1v) is 7.34. The van der Waals surface area contributed by atoms with Crippen molar-refractivity contribution in [3.63, 3.8) is 0 Å². The Morgan fingerprint density at radius 2 is 2.00 bits per heavy atom. The van der Waals surface area contributed by atoms with Gasteiger partial charge in [0, 0.05) is 6.54 Å². The molecular formula is C17H22N2O2. The van der Waals surface area contributed by atoms with E-state index in [0.29, 0.717) is 13.2 Å². The molecule has 4 nitrogen and oxygen atoms in total. The van der Waals surface area contributed by atoms with Gasteiger partial charge in [-0.25, -0.2) is 0 Å². The molecule has 21 heavy (non-hydrogen) atoms. The van der Waals surface area contributed by atoms with Gasteiger partial charge in [-0.2, -0.15) is 5.26 Å². The van der Waals surface area contributed by atoms with Gasteiger partial charge in [-0.3, -0.25) is 4.79 Å². The van der Waals surface area contributed by atoms with Crippen molar-refractivity contribution in [2.24, 2.45) is 0 Å². The molecule has 0 aliphatic rings. The molecule has 0 spiro atoms. The maximum atomic E-state index is 11.9. The maximum absolute atomic E-state index is 11.9. The normalized spacial score (nSPS) is 10.8. The van der Waals surface area contributed by atoms with Crippen LogP contribution in [-0.2, 0) is 4.79 Å². The van der Waals surface area contributed by atoms with Crippen molar-refractivity contribution in [2.45, 2.75) is 33.1 Å². The molecule has 0 unspecified atom stereocenters. The number of benzene rings is 1. The number of unbranched alkanes of at least 4 members (excludes halogenated alkanes) is 2. The van der Waals surface area contributed by atoms with Crippen molar-refractivity contribution in [3.8, 4) is 11.8 Å². The standard InChI is InChI=1S/C17H22N2O2/c1-3-5-6-11-19-17(20)15(13-18)12-14-7-9-16(10-8-14)21-4-2/h7-10,12H,3-6,11H2,1-2H3,(H,19,20)/b15-12+. The van der Waals surface area contributed by atoms with Gasteiger partial charge in [-0.15, -0.1) is 0 Å². The highest BCUT2D eigenvalue weighted by Gasteiger charge is 2.08. The van der Waals surface area contributed by atoms with E-state index in [9.17, 15) is 4.79 Å². The highest BCUT2D eigenvalue weighted by atomic mass is 16.5. The van der Waals surface area contributed by atoms with E-state index >= 15 is 0 Å². The molecule has 1 aromatic rings. The van der Waals surface area contributed by atoms with Gasteiger partial charge in [-0.1, -0.05) is 31.9 Å². The van der Waals surface area contributed by atoms with E-state index in [2.05, 4.69) is 12.2 Å². The fourth-order valence-electron chi connectivity index (χ4n) is 1.81. The lowest BCUT2D eigenvalue weighted by atomic mass is 10.1. The molecule has 1 aromatic carbocycles. The Morgan fingerprint density at radius 1 is 1.29 bits per heavy atom. The van der Waals surface area contributed by atoms with Crippen LogP contribution in [0.4, 0.5) is 0 Å². The number of ether oxygens (including phenoxy) is 1. The van der Waals surface area contributed by atoms with Gasteiger partial charge < -0.3 is 10.1 Å². The van der Waals surface area contributed by atoms with Crippen LogP contribution in [0.15, 0.2) is 29.8 Å². The fourth-order valence-corrected chi connectivity index (χ4v) is 1.81. The number of hydrogen-bond acceptors (Lipinski definition) is 3. The van der Waals surface area contributed by atoms with Gasteiger partial charge in [0.05, 0.1) is 6.61 Å². The number of nitrogens with one attached hydrogen (secondary N) is 1. The van der Waals surface area contributed by atoms with Crippen molar-refractivity contribution < 1.29 is 9.53 Å². The van der Waals surface area contributed by atoms with Crippen LogP contribution < -0.4 is 10.1 Å². The molecule has 1 amide bonds. The number of rotatable bonds is 8. The summed E-state index contributed by atoms with van der Waals surface area (Å²) in [5.41, 5.74) is 0.925. The number of carbonyl (C=O) groups is 1. The van der Waals surface area contributed by atoms with Gasteiger partial charge in [0.15, 0.2) is 0 Å². The molecule has 112 valence electrons. The third-order valence-corrected chi connectivity index (χ3v) is 2.93. The van der Waals surface area contributed by atoms with Crippen LogP contribution in [-0.4, -0.2) is 19.1 Å². The molecular weight excluding hydrogens is 264 g/mol. The minimum absolute atomic E-state index is 0.121. The molecule has 0 saturated carbocycles. The Morgan fingerprint density at radius 3 is 2.57 bits per heavy atom. The molecule has 0 radical (unpaired) electrons. The topological polar surface area (TPSA) is 62.1 Å². The van der Waals surface area contributed by atoms with E-state index in [1.54, 1.807) is 6.08 Å². The summed E-state index contributed by atoms with van der Waals surface area (Å²) in [6.07, 6.45) is 4.70. The summed E-state index contributed by atoms with van der Waals surface area (Å²) in [4.78, 5) is 11.9. The minimum atomic E-state index is -0.317. The van der Waals surface area contributed by atoms with E-state index < -0.39 is 0 Å². The van der Waals surface area contributed by atoms with E-state index in [0.717, 1.165) is 30.6 Å². The van der Waals surface area contributed by atoms with Crippen LogP contribution >= 0.6 is 0 Å².